The number of sulfonamides is 1. The zero-order chi connectivity index (χ0) is 15.5. The second kappa shape index (κ2) is 6.74. The van der Waals surface area contributed by atoms with E-state index in [1.165, 1.54) is 13.2 Å². The van der Waals surface area contributed by atoms with Crippen LogP contribution in [0.3, 0.4) is 0 Å². The summed E-state index contributed by atoms with van der Waals surface area (Å²) in [5, 5.41) is 0. The summed E-state index contributed by atoms with van der Waals surface area (Å²) >= 11 is 0. The Hall–Kier alpha value is -1.15. The van der Waals surface area contributed by atoms with E-state index in [9.17, 15) is 8.42 Å². The first-order valence-corrected chi connectivity index (χ1v) is 8.49. The van der Waals surface area contributed by atoms with Crippen molar-refractivity contribution < 1.29 is 17.9 Å². The summed E-state index contributed by atoms with van der Waals surface area (Å²) in [6.07, 6.45) is 1.57. The Bertz CT molecular complexity index is 583. The van der Waals surface area contributed by atoms with E-state index in [4.69, 9.17) is 15.2 Å². The molecule has 0 atom stereocenters. The van der Waals surface area contributed by atoms with Gasteiger partial charge in [0.15, 0.2) is 0 Å². The number of hydrogen-bond acceptors (Lipinski definition) is 5. The van der Waals surface area contributed by atoms with Gasteiger partial charge in [0.2, 0.25) is 10.0 Å². The number of hydrogen-bond donors (Lipinski definition) is 2. The quantitative estimate of drug-likeness (QED) is 0.783. The summed E-state index contributed by atoms with van der Waals surface area (Å²) < 4.78 is 38.1. The van der Waals surface area contributed by atoms with Crippen molar-refractivity contribution in [2.75, 3.05) is 13.7 Å². The lowest BCUT2D eigenvalue weighted by atomic mass is 9.90. The van der Waals surface area contributed by atoms with Gasteiger partial charge in [0, 0.05) is 19.2 Å². The van der Waals surface area contributed by atoms with Crippen molar-refractivity contribution in [2.45, 2.75) is 43.4 Å². The van der Waals surface area contributed by atoms with E-state index in [2.05, 4.69) is 4.72 Å². The lowest BCUT2D eigenvalue weighted by molar-refractivity contribution is -0.00476. The fraction of sp³-hybridized carbons (Fsp3) is 0.571. The van der Waals surface area contributed by atoms with Crippen LogP contribution in [-0.2, 0) is 21.3 Å². The van der Waals surface area contributed by atoms with Gasteiger partial charge in [0.1, 0.15) is 10.6 Å². The molecule has 0 bridgehead atoms. The molecule has 0 radical (unpaired) electrons. The van der Waals surface area contributed by atoms with Gasteiger partial charge in [-0.05, 0) is 37.5 Å². The lowest BCUT2D eigenvalue weighted by Gasteiger charge is -2.35. The Labute approximate surface area is 125 Å². The SMILES string of the molecule is CCOC1CC(NS(=O)(=O)c2ccc(CN)cc2OC)C1. The molecule has 0 saturated heterocycles. The fourth-order valence-corrected chi connectivity index (χ4v) is 3.79. The average Bonchev–Trinajstić information content (AvgIpc) is 2.44. The number of ether oxygens (including phenoxy) is 2. The van der Waals surface area contributed by atoms with Gasteiger partial charge in [0.25, 0.3) is 0 Å². The fourth-order valence-electron chi connectivity index (χ4n) is 2.38. The highest BCUT2D eigenvalue weighted by molar-refractivity contribution is 7.89. The third kappa shape index (κ3) is 3.74. The molecule has 1 aliphatic carbocycles. The molecule has 3 N–H and O–H groups in total. The Morgan fingerprint density at radius 2 is 2.10 bits per heavy atom. The first kappa shape index (κ1) is 16.2. The molecule has 0 aliphatic heterocycles. The maximum atomic E-state index is 12.4. The van der Waals surface area contributed by atoms with Crippen molar-refractivity contribution >= 4 is 10.0 Å². The Balaban J connectivity index is 2.10. The molecular weight excluding hydrogens is 292 g/mol. The number of benzene rings is 1. The number of nitrogens with two attached hydrogens (primary N) is 1. The van der Waals surface area contributed by atoms with E-state index >= 15 is 0 Å². The molecule has 0 unspecified atom stereocenters. The van der Waals surface area contributed by atoms with Gasteiger partial charge in [0.05, 0.1) is 13.2 Å². The minimum Gasteiger partial charge on any atom is -0.495 e. The minimum absolute atomic E-state index is 0.0783. The summed E-state index contributed by atoms with van der Waals surface area (Å²) in [7, 11) is -2.15. The Morgan fingerprint density at radius 3 is 2.67 bits per heavy atom. The molecule has 7 heteroatoms. The standard InChI is InChI=1S/C14H22N2O4S/c1-3-20-12-7-11(8-12)16-21(17,18)14-5-4-10(9-15)6-13(14)19-2/h4-6,11-12,16H,3,7-9,15H2,1-2H3. The van der Waals surface area contributed by atoms with Crippen molar-refractivity contribution in [2.24, 2.45) is 5.73 Å². The zero-order valence-corrected chi connectivity index (χ0v) is 13.2. The Morgan fingerprint density at radius 1 is 1.38 bits per heavy atom. The molecule has 1 fully saturated rings. The molecule has 1 aliphatic rings. The predicted molar refractivity (Wildman–Crippen MR) is 79.6 cm³/mol. The molecule has 1 aromatic rings. The summed E-state index contributed by atoms with van der Waals surface area (Å²) in [4.78, 5) is 0.141. The van der Waals surface area contributed by atoms with Crippen LogP contribution >= 0.6 is 0 Å². The smallest absolute Gasteiger partial charge is 0.244 e. The van der Waals surface area contributed by atoms with Crippen LogP contribution < -0.4 is 15.2 Å². The molecule has 0 amide bonds. The lowest BCUT2D eigenvalue weighted by Crippen LogP contribution is -2.47. The Kier molecular flexibility index (Phi) is 5.21. The third-order valence-electron chi connectivity index (χ3n) is 3.57. The maximum absolute atomic E-state index is 12.4. The summed E-state index contributed by atoms with van der Waals surface area (Å²) in [5.74, 6) is 0.311. The zero-order valence-electron chi connectivity index (χ0n) is 12.3. The van der Waals surface area contributed by atoms with Crippen LogP contribution in [0.25, 0.3) is 0 Å². The van der Waals surface area contributed by atoms with Gasteiger partial charge in [-0.15, -0.1) is 0 Å². The molecule has 21 heavy (non-hydrogen) atoms. The van der Waals surface area contributed by atoms with Gasteiger partial charge in [-0.3, -0.25) is 0 Å². The summed E-state index contributed by atoms with van der Waals surface area (Å²) in [6.45, 7) is 2.92. The first-order valence-electron chi connectivity index (χ1n) is 7.01. The van der Waals surface area contributed by atoms with Crippen LogP contribution in [-0.4, -0.2) is 34.3 Å². The molecule has 0 heterocycles. The minimum atomic E-state index is -3.60. The number of methoxy groups -OCH3 is 1. The van der Waals surface area contributed by atoms with Gasteiger partial charge >= 0.3 is 0 Å². The van der Waals surface area contributed by atoms with Crippen LogP contribution in [0.4, 0.5) is 0 Å². The van der Waals surface area contributed by atoms with E-state index in [-0.39, 0.29) is 17.0 Å². The normalized spacial score (nSPS) is 21.9. The molecule has 1 saturated carbocycles. The largest absolute Gasteiger partial charge is 0.495 e. The molecule has 0 spiro atoms. The molecule has 118 valence electrons. The van der Waals surface area contributed by atoms with E-state index in [0.29, 0.717) is 31.7 Å². The maximum Gasteiger partial charge on any atom is 0.244 e. The van der Waals surface area contributed by atoms with Gasteiger partial charge in [-0.2, -0.15) is 0 Å². The summed E-state index contributed by atoms with van der Waals surface area (Å²) in [5.41, 5.74) is 6.38. The van der Waals surface area contributed by atoms with Crippen LogP contribution in [0.2, 0.25) is 0 Å². The second-order valence-electron chi connectivity index (χ2n) is 5.06. The molecule has 6 nitrogen and oxygen atoms in total. The number of rotatable bonds is 7. The predicted octanol–water partition coefficient (Wildman–Crippen LogP) is 1.000. The monoisotopic (exact) mass is 314 g/mol. The van der Waals surface area contributed by atoms with Gasteiger partial charge in [-0.1, -0.05) is 6.07 Å². The topological polar surface area (TPSA) is 90.7 Å². The molecule has 1 aromatic carbocycles. The van der Waals surface area contributed by atoms with E-state index in [0.717, 1.165) is 5.56 Å². The highest BCUT2D eigenvalue weighted by Crippen LogP contribution is 2.28. The third-order valence-corrected chi connectivity index (χ3v) is 5.13. The number of nitrogens with one attached hydrogen (secondary N) is 1. The van der Waals surface area contributed by atoms with Crippen LogP contribution in [0, 0.1) is 0 Å². The molecule has 0 aromatic heterocycles. The van der Waals surface area contributed by atoms with Gasteiger partial charge < -0.3 is 15.2 Å². The highest BCUT2D eigenvalue weighted by Gasteiger charge is 2.34. The van der Waals surface area contributed by atoms with Crippen LogP contribution in [0.1, 0.15) is 25.3 Å². The van der Waals surface area contributed by atoms with Crippen molar-refractivity contribution in [3.63, 3.8) is 0 Å². The van der Waals surface area contributed by atoms with Crippen molar-refractivity contribution in [1.82, 2.24) is 4.72 Å². The van der Waals surface area contributed by atoms with Crippen molar-refractivity contribution in [1.29, 1.82) is 0 Å². The van der Waals surface area contributed by atoms with Gasteiger partial charge in [-0.25, -0.2) is 13.1 Å². The van der Waals surface area contributed by atoms with Crippen LogP contribution in [0.5, 0.6) is 5.75 Å². The summed E-state index contributed by atoms with van der Waals surface area (Å²) in [6, 6.07) is 4.80. The van der Waals surface area contributed by atoms with Crippen LogP contribution in [0.15, 0.2) is 23.1 Å². The van der Waals surface area contributed by atoms with Crippen molar-refractivity contribution in [3.8, 4) is 5.75 Å². The van der Waals surface area contributed by atoms with E-state index in [1.807, 2.05) is 6.92 Å². The van der Waals surface area contributed by atoms with E-state index < -0.39 is 10.0 Å². The molecule has 2 rings (SSSR count). The highest BCUT2D eigenvalue weighted by atomic mass is 32.2. The second-order valence-corrected chi connectivity index (χ2v) is 6.74. The van der Waals surface area contributed by atoms with Crippen molar-refractivity contribution in [3.05, 3.63) is 23.8 Å². The van der Waals surface area contributed by atoms with E-state index in [1.54, 1.807) is 12.1 Å². The average molecular weight is 314 g/mol. The first-order chi connectivity index (χ1) is 10.00. The molecular formula is C14H22N2O4S.